The third kappa shape index (κ3) is 2.81. The molecule has 0 aliphatic carbocycles. The molecular formula is C12H14O4. The molecule has 0 amide bonds. The third-order valence-corrected chi connectivity index (χ3v) is 2.48. The molecule has 1 aliphatic rings. The lowest BCUT2D eigenvalue weighted by atomic mass is 10.2. The maximum absolute atomic E-state index is 10.9. The van der Waals surface area contributed by atoms with Gasteiger partial charge in [0.25, 0.3) is 0 Å². The fourth-order valence-corrected chi connectivity index (χ4v) is 1.61. The highest BCUT2D eigenvalue weighted by Gasteiger charge is 2.33. The van der Waals surface area contributed by atoms with Gasteiger partial charge in [0.15, 0.2) is 6.10 Å². The van der Waals surface area contributed by atoms with Gasteiger partial charge in [0.2, 0.25) is 0 Å². The number of aliphatic hydroxyl groups excluding tert-OH is 1. The van der Waals surface area contributed by atoms with Crippen molar-refractivity contribution in [3.05, 3.63) is 35.9 Å². The van der Waals surface area contributed by atoms with E-state index < -0.39 is 12.2 Å². The Labute approximate surface area is 93.8 Å². The highest BCUT2D eigenvalue weighted by molar-refractivity contribution is 5.72. The van der Waals surface area contributed by atoms with Gasteiger partial charge in [0.05, 0.1) is 19.6 Å². The lowest BCUT2D eigenvalue weighted by Crippen LogP contribution is -2.26. The predicted molar refractivity (Wildman–Crippen MR) is 56.6 cm³/mol. The summed E-state index contributed by atoms with van der Waals surface area (Å²) in [6.07, 6.45) is -1.18. The number of rotatable bonds is 4. The molecule has 0 aromatic heterocycles. The number of hydrogen-bond donors (Lipinski definition) is 1. The highest BCUT2D eigenvalue weighted by Crippen LogP contribution is 2.15. The van der Waals surface area contributed by atoms with Gasteiger partial charge in [-0.15, -0.1) is 0 Å². The van der Waals surface area contributed by atoms with Crippen LogP contribution < -0.4 is 0 Å². The summed E-state index contributed by atoms with van der Waals surface area (Å²) in [5.41, 5.74) is 1.06. The second-order valence-electron chi connectivity index (χ2n) is 3.80. The van der Waals surface area contributed by atoms with Crippen LogP contribution in [0, 0.1) is 0 Å². The van der Waals surface area contributed by atoms with E-state index in [1.165, 1.54) is 0 Å². The molecule has 0 unspecified atom stereocenters. The van der Waals surface area contributed by atoms with E-state index in [2.05, 4.69) is 0 Å². The Morgan fingerprint density at radius 1 is 1.38 bits per heavy atom. The van der Waals surface area contributed by atoms with Gasteiger partial charge in [-0.25, -0.2) is 0 Å². The molecule has 1 saturated heterocycles. The molecule has 0 radical (unpaired) electrons. The summed E-state index contributed by atoms with van der Waals surface area (Å²) >= 11 is 0. The Morgan fingerprint density at radius 3 is 2.75 bits per heavy atom. The van der Waals surface area contributed by atoms with Crippen molar-refractivity contribution in [1.82, 2.24) is 0 Å². The molecular weight excluding hydrogens is 209 g/mol. The van der Waals surface area contributed by atoms with Crippen molar-refractivity contribution in [3.8, 4) is 0 Å². The topological polar surface area (TPSA) is 55.8 Å². The lowest BCUT2D eigenvalue weighted by molar-refractivity contribution is -0.144. The van der Waals surface area contributed by atoms with Gasteiger partial charge in [-0.2, -0.15) is 0 Å². The zero-order chi connectivity index (χ0) is 11.4. The van der Waals surface area contributed by atoms with E-state index in [0.717, 1.165) is 5.56 Å². The van der Waals surface area contributed by atoms with Crippen LogP contribution in [0.2, 0.25) is 0 Å². The van der Waals surface area contributed by atoms with Gasteiger partial charge >= 0.3 is 5.97 Å². The zero-order valence-electron chi connectivity index (χ0n) is 8.83. The average Bonchev–Trinajstić information content (AvgIpc) is 2.59. The summed E-state index contributed by atoms with van der Waals surface area (Å²) in [5, 5.41) is 9.43. The number of benzene rings is 1. The summed E-state index contributed by atoms with van der Waals surface area (Å²) in [6, 6.07) is 9.71. The molecule has 2 rings (SSSR count). The summed E-state index contributed by atoms with van der Waals surface area (Å²) in [7, 11) is 0. The molecule has 0 bridgehead atoms. The number of aliphatic hydroxyl groups is 1. The van der Waals surface area contributed by atoms with E-state index in [1.54, 1.807) is 0 Å². The van der Waals surface area contributed by atoms with Crippen LogP contribution in [-0.4, -0.2) is 29.9 Å². The van der Waals surface area contributed by atoms with Gasteiger partial charge in [-0.05, 0) is 5.56 Å². The molecule has 1 aromatic rings. The van der Waals surface area contributed by atoms with Crippen LogP contribution in [0.1, 0.15) is 12.0 Å². The molecule has 1 N–H and O–H groups in total. The molecule has 1 aliphatic heterocycles. The predicted octanol–water partition coefficient (Wildman–Crippen LogP) is 0.880. The van der Waals surface area contributed by atoms with E-state index in [0.29, 0.717) is 6.61 Å². The van der Waals surface area contributed by atoms with Crippen LogP contribution in [-0.2, 0) is 20.9 Å². The number of carbonyl (C=O) groups excluding carboxylic acids is 1. The SMILES string of the molecule is O=C1C[13C@H](O)[C@@H](COCc2ccccc2)O1. The Morgan fingerprint density at radius 2 is 2.12 bits per heavy atom. The first-order chi connectivity index (χ1) is 7.75. The van der Waals surface area contributed by atoms with Crippen LogP contribution in [0.4, 0.5) is 0 Å². The quantitative estimate of drug-likeness (QED) is 0.608. The Balaban J connectivity index is 1.74. The van der Waals surface area contributed by atoms with Gasteiger partial charge < -0.3 is 14.6 Å². The number of hydrogen-bond acceptors (Lipinski definition) is 4. The molecule has 16 heavy (non-hydrogen) atoms. The number of carbonyl (C=O) groups is 1. The minimum atomic E-state index is -0.733. The van der Waals surface area contributed by atoms with Gasteiger partial charge in [-0.1, -0.05) is 30.3 Å². The number of cyclic esters (lactones) is 1. The van der Waals surface area contributed by atoms with E-state index in [4.69, 9.17) is 9.47 Å². The molecule has 0 saturated carbocycles. The average molecular weight is 223 g/mol. The lowest BCUT2D eigenvalue weighted by Gasteiger charge is -2.13. The maximum atomic E-state index is 10.9. The van der Waals surface area contributed by atoms with Gasteiger partial charge in [0.1, 0.15) is 6.10 Å². The zero-order valence-corrected chi connectivity index (χ0v) is 8.83. The molecule has 2 atom stereocenters. The van der Waals surface area contributed by atoms with Crippen LogP contribution in [0.5, 0.6) is 0 Å². The van der Waals surface area contributed by atoms with Crippen molar-refractivity contribution in [1.29, 1.82) is 0 Å². The van der Waals surface area contributed by atoms with E-state index in [1.807, 2.05) is 30.3 Å². The van der Waals surface area contributed by atoms with Gasteiger partial charge in [-0.3, -0.25) is 4.79 Å². The van der Waals surface area contributed by atoms with Gasteiger partial charge in [0, 0.05) is 0 Å². The van der Waals surface area contributed by atoms with Crippen LogP contribution >= 0.6 is 0 Å². The minimum absolute atomic E-state index is 0.0688. The molecule has 0 spiro atoms. The van der Waals surface area contributed by atoms with Crippen molar-refractivity contribution >= 4 is 5.97 Å². The molecule has 4 heteroatoms. The normalized spacial score (nSPS) is 24.4. The minimum Gasteiger partial charge on any atom is -0.457 e. The standard InChI is InChI=1S/C12H14O4/c13-10-6-12(14)16-11(10)8-15-7-9-4-2-1-3-5-9/h1-5,10-11,13H,6-8H2/t10-,11+/m0/s1/i10+1. The van der Waals surface area contributed by atoms with Crippen molar-refractivity contribution in [3.63, 3.8) is 0 Å². The number of ether oxygens (including phenoxy) is 2. The molecule has 4 nitrogen and oxygen atoms in total. The first-order valence-electron chi connectivity index (χ1n) is 5.25. The second kappa shape index (κ2) is 5.09. The fraction of sp³-hybridized carbons (Fsp3) is 0.417. The fourth-order valence-electron chi connectivity index (χ4n) is 1.61. The first-order valence-corrected chi connectivity index (χ1v) is 5.25. The first kappa shape index (κ1) is 11.1. The molecule has 1 fully saturated rings. The van der Waals surface area contributed by atoms with Crippen molar-refractivity contribution in [2.45, 2.75) is 25.2 Å². The van der Waals surface area contributed by atoms with Crippen LogP contribution in [0.15, 0.2) is 30.3 Å². The van der Waals surface area contributed by atoms with Crippen molar-refractivity contribution in [2.24, 2.45) is 0 Å². The molecule has 1 heterocycles. The summed E-state index contributed by atoms with van der Waals surface area (Å²) < 4.78 is 10.3. The van der Waals surface area contributed by atoms with E-state index in [-0.39, 0.29) is 19.0 Å². The molecule has 86 valence electrons. The monoisotopic (exact) mass is 223 g/mol. The van der Waals surface area contributed by atoms with Crippen LogP contribution in [0.25, 0.3) is 0 Å². The Hall–Kier alpha value is -1.39. The smallest absolute Gasteiger partial charge is 0.309 e. The largest absolute Gasteiger partial charge is 0.457 e. The summed E-state index contributed by atoms with van der Waals surface area (Å²) in [4.78, 5) is 10.9. The van der Waals surface area contributed by atoms with Crippen molar-refractivity contribution in [2.75, 3.05) is 6.61 Å². The summed E-state index contributed by atoms with van der Waals surface area (Å²) in [6.45, 7) is 0.698. The van der Waals surface area contributed by atoms with Crippen LogP contribution in [0.3, 0.4) is 0 Å². The Bertz CT molecular complexity index is 349. The number of esters is 1. The van der Waals surface area contributed by atoms with Crippen molar-refractivity contribution < 1.29 is 19.4 Å². The van der Waals surface area contributed by atoms with E-state index >= 15 is 0 Å². The molecule has 1 aromatic carbocycles. The Kier molecular flexibility index (Phi) is 3.54. The third-order valence-electron chi connectivity index (χ3n) is 2.48. The maximum Gasteiger partial charge on any atom is 0.309 e. The summed E-state index contributed by atoms with van der Waals surface area (Å²) in [5.74, 6) is -0.360. The van der Waals surface area contributed by atoms with E-state index in [9.17, 15) is 9.90 Å². The second-order valence-corrected chi connectivity index (χ2v) is 3.80. The highest BCUT2D eigenvalue weighted by atomic mass is 16.6.